The van der Waals surface area contributed by atoms with Crippen molar-refractivity contribution >= 4 is 69.6 Å². The summed E-state index contributed by atoms with van der Waals surface area (Å²) < 4.78 is 4.89. The number of thiophene rings is 1. The van der Waals surface area contributed by atoms with Crippen LogP contribution in [0.4, 0.5) is 5.69 Å². The molecule has 10 heteroatoms. The molecule has 1 aromatic heterocycles. The zero-order valence-electron chi connectivity index (χ0n) is 13.3. The van der Waals surface area contributed by atoms with E-state index in [1.165, 1.54) is 30.4 Å². The highest BCUT2D eigenvalue weighted by Gasteiger charge is 2.20. The minimum Gasteiger partial charge on any atom is -0.454 e. The van der Waals surface area contributed by atoms with Crippen molar-refractivity contribution in [3.8, 4) is 0 Å². The van der Waals surface area contributed by atoms with Gasteiger partial charge in [-0.15, -0.1) is 11.3 Å². The fourth-order valence-corrected chi connectivity index (χ4v) is 3.02. The lowest BCUT2D eigenvalue weighted by molar-refractivity contribution is -0.148. The molecular formula is C16H13Cl3N2O4S. The summed E-state index contributed by atoms with van der Waals surface area (Å²) >= 11 is 18.9. The molecule has 138 valence electrons. The molecule has 2 rings (SSSR count). The molecule has 1 atom stereocenters. The third-order valence-corrected chi connectivity index (χ3v) is 4.98. The van der Waals surface area contributed by atoms with E-state index in [0.717, 1.165) is 0 Å². The summed E-state index contributed by atoms with van der Waals surface area (Å²) in [5, 5.41) is 7.35. The van der Waals surface area contributed by atoms with Crippen LogP contribution in [0.25, 0.3) is 0 Å². The van der Waals surface area contributed by atoms with Crippen LogP contribution in [0.2, 0.25) is 15.1 Å². The largest absolute Gasteiger partial charge is 0.454 e. The van der Waals surface area contributed by atoms with E-state index in [1.807, 2.05) is 0 Å². The summed E-state index contributed by atoms with van der Waals surface area (Å²) in [5.74, 6) is -1.75. The molecule has 1 heterocycles. The summed E-state index contributed by atoms with van der Waals surface area (Å²) in [5.41, 5.74) is 0.237. The summed E-state index contributed by atoms with van der Waals surface area (Å²) in [6, 6.07) is 5.21. The molecule has 26 heavy (non-hydrogen) atoms. The van der Waals surface area contributed by atoms with E-state index in [2.05, 4.69) is 10.6 Å². The molecule has 0 fully saturated rings. The Morgan fingerprint density at radius 1 is 1.15 bits per heavy atom. The van der Waals surface area contributed by atoms with Gasteiger partial charge >= 0.3 is 5.97 Å². The number of anilines is 1. The van der Waals surface area contributed by atoms with Crippen molar-refractivity contribution in [2.75, 3.05) is 11.9 Å². The van der Waals surface area contributed by atoms with Crippen LogP contribution in [0.3, 0.4) is 0 Å². The first-order chi connectivity index (χ1) is 12.3. The Hall–Kier alpha value is -1.80. The first-order valence-electron chi connectivity index (χ1n) is 7.23. The molecule has 0 aliphatic rings. The molecule has 1 unspecified atom stereocenters. The first kappa shape index (κ1) is 20.5. The number of ether oxygens (including phenoxy) is 1. The van der Waals surface area contributed by atoms with Crippen molar-refractivity contribution in [2.24, 2.45) is 0 Å². The zero-order valence-corrected chi connectivity index (χ0v) is 16.4. The van der Waals surface area contributed by atoms with Gasteiger partial charge in [-0.2, -0.15) is 0 Å². The summed E-state index contributed by atoms with van der Waals surface area (Å²) in [4.78, 5) is 36.1. The summed E-state index contributed by atoms with van der Waals surface area (Å²) in [6.07, 6.45) is 0. The van der Waals surface area contributed by atoms with Gasteiger partial charge in [0.1, 0.15) is 6.04 Å². The lowest BCUT2D eigenvalue weighted by atomic mass is 10.3. The Morgan fingerprint density at radius 2 is 1.85 bits per heavy atom. The molecule has 0 aliphatic heterocycles. The number of carbonyl (C=O) groups is 3. The van der Waals surface area contributed by atoms with Gasteiger partial charge in [0, 0.05) is 0 Å². The molecule has 0 aliphatic carbocycles. The van der Waals surface area contributed by atoms with Crippen LogP contribution in [-0.2, 0) is 14.3 Å². The molecule has 1 aromatic carbocycles. The molecule has 0 radical (unpaired) electrons. The van der Waals surface area contributed by atoms with Crippen molar-refractivity contribution in [3.63, 3.8) is 0 Å². The average Bonchev–Trinajstić information content (AvgIpc) is 3.12. The highest BCUT2D eigenvalue weighted by atomic mass is 35.5. The van der Waals surface area contributed by atoms with E-state index >= 15 is 0 Å². The number of hydrogen-bond acceptors (Lipinski definition) is 5. The summed E-state index contributed by atoms with van der Waals surface area (Å²) in [7, 11) is 0. The van der Waals surface area contributed by atoms with Crippen molar-refractivity contribution < 1.29 is 19.1 Å². The van der Waals surface area contributed by atoms with E-state index in [9.17, 15) is 14.4 Å². The molecule has 0 spiro atoms. The molecule has 0 bridgehead atoms. The Morgan fingerprint density at radius 3 is 2.50 bits per heavy atom. The molecule has 2 N–H and O–H groups in total. The number of esters is 1. The number of rotatable bonds is 6. The second kappa shape index (κ2) is 9.23. The third kappa shape index (κ3) is 5.60. The second-order valence-electron chi connectivity index (χ2n) is 5.07. The monoisotopic (exact) mass is 434 g/mol. The maximum Gasteiger partial charge on any atom is 0.328 e. The van der Waals surface area contributed by atoms with E-state index in [0.29, 0.717) is 4.88 Å². The molecular weight excluding hydrogens is 423 g/mol. The number of carbonyl (C=O) groups excluding carboxylic acids is 3. The molecule has 2 aromatic rings. The summed E-state index contributed by atoms with van der Waals surface area (Å²) in [6.45, 7) is 0.913. The Kier molecular flexibility index (Phi) is 7.28. The quantitative estimate of drug-likeness (QED) is 0.530. The molecule has 6 nitrogen and oxygen atoms in total. The lowest BCUT2D eigenvalue weighted by Crippen LogP contribution is -2.40. The van der Waals surface area contributed by atoms with Gasteiger partial charge in [-0.25, -0.2) is 4.79 Å². The molecule has 0 saturated carbocycles. The van der Waals surface area contributed by atoms with E-state index < -0.39 is 30.4 Å². The SMILES string of the molecule is CC(NC(=O)c1cccs1)C(=O)OCC(=O)Nc1cc(Cl)c(Cl)cc1Cl. The van der Waals surface area contributed by atoms with Gasteiger partial charge in [0.05, 0.1) is 25.6 Å². The van der Waals surface area contributed by atoms with Gasteiger partial charge < -0.3 is 15.4 Å². The van der Waals surface area contributed by atoms with Gasteiger partial charge in [-0.3, -0.25) is 9.59 Å². The van der Waals surface area contributed by atoms with Crippen LogP contribution in [-0.4, -0.2) is 30.4 Å². The normalized spacial score (nSPS) is 11.5. The highest BCUT2D eigenvalue weighted by Crippen LogP contribution is 2.32. The Labute approximate surface area is 168 Å². The van der Waals surface area contributed by atoms with Crippen LogP contribution < -0.4 is 10.6 Å². The standard InChI is InChI=1S/C16H13Cl3N2O4S/c1-8(20-15(23)13-3-2-4-26-13)16(24)25-7-14(22)21-12-6-10(18)9(17)5-11(12)19/h2-6,8H,7H2,1H3,(H,20,23)(H,21,22). The Balaban J connectivity index is 1.84. The van der Waals surface area contributed by atoms with Crippen LogP contribution in [0.1, 0.15) is 16.6 Å². The lowest BCUT2D eigenvalue weighted by Gasteiger charge is -2.13. The van der Waals surface area contributed by atoms with Gasteiger partial charge in [0.25, 0.3) is 11.8 Å². The topological polar surface area (TPSA) is 84.5 Å². The Bertz CT molecular complexity index is 827. The smallest absolute Gasteiger partial charge is 0.328 e. The van der Waals surface area contributed by atoms with E-state index in [-0.39, 0.29) is 20.8 Å². The number of hydrogen-bond donors (Lipinski definition) is 2. The fourth-order valence-electron chi connectivity index (χ4n) is 1.80. The third-order valence-electron chi connectivity index (χ3n) is 3.08. The number of halogens is 3. The van der Waals surface area contributed by atoms with Crippen LogP contribution >= 0.6 is 46.1 Å². The fraction of sp³-hybridized carbons (Fsp3) is 0.188. The second-order valence-corrected chi connectivity index (χ2v) is 7.24. The van der Waals surface area contributed by atoms with Crippen molar-refractivity contribution in [2.45, 2.75) is 13.0 Å². The average molecular weight is 436 g/mol. The molecule has 2 amide bonds. The van der Waals surface area contributed by atoms with E-state index in [4.69, 9.17) is 39.5 Å². The van der Waals surface area contributed by atoms with Crippen LogP contribution in [0, 0.1) is 0 Å². The van der Waals surface area contributed by atoms with Gasteiger partial charge in [-0.1, -0.05) is 40.9 Å². The van der Waals surface area contributed by atoms with E-state index in [1.54, 1.807) is 17.5 Å². The van der Waals surface area contributed by atoms with Gasteiger partial charge in [0.2, 0.25) is 0 Å². The first-order valence-corrected chi connectivity index (χ1v) is 9.24. The van der Waals surface area contributed by atoms with Crippen LogP contribution in [0.15, 0.2) is 29.6 Å². The maximum absolute atomic E-state index is 11.9. The predicted octanol–water partition coefficient (Wildman–Crippen LogP) is 4.01. The maximum atomic E-state index is 11.9. The van der Waals surface area contributed by atoms with Crippen LogP contribution in [0.5, 0.6) is 0 Å². The number of nitrogens with one attached hydrogen (secondary N) is 2. The van der Waals surface area contributed by atoms with Crippen molar-refractivity contribution in [1.82, 2.24) is 5.32 Å². The zero-order chi connectivity index (χ0) is 19.3. The minimum atomic E-state index is -0.911. The highest BCUT2D eigenvalue weighted by molar-refractivity contribution is 7.12. The number of amides is 2. The van der Waals surface area contributed by atoms with Gasteiger partial charge in [0.15, 0.2) is 6.61 Å². The van der Waals surface area contributed by atoms with Gasteiger partial charge in [-0.05, 0) is 30.5 Å². The predicted molar refractivity (Wildman–Crippen MR) is 102 cm³/mol. The number of benzene rings is 1. The molecule has 0 saturated heterocycles. The van der Waals surface area contributed by atoms with Crippen molar-refractivity contribution in [1.29, 1.82) is 0 Å². The minimum absolute atomic E-state index is 0.190. The van der Waals surface area contributed by atoms with Crippen molar-refractivity contribution in [3.05, 3.63) is 49.6 Å².